The van der Waals surface area contributed by atoms with E-state index in [2.05, 4.69) is 20.9 Å². The normalized spacial score (nSPS) is 16.4. The van der Waals surface area contributed by atoms with Crippen LogP contribution in [0.4, 0.5) is 9.59 Å². The lowest BCUT2D eigenvalue weighted by molar-refractivity contribution is -0.133. The average Bonchev–Trinajstić information content (AvgIpc) is 3.00. The molecule has 0 spiro atoms. The zero-order valence-corrected chi connectivity index (χ0v) is 22.7. The highest BCUT2D eigenvalue weighted by Gasteiger charge is 2.36. The predicted octanol–water partition coefficient (Wildman–Crippen LogP) is 5.19. The largest absolute Gasteiger partial charge is 0.444 e. The van der Waals surface area contributed by atoms with Crippen molar-refractivity contribution in [3.63, 3.8) is 0 Å². The molecule has 9 heteroatoms. The fraction of sp³-hybridized carbons (Fsp3) is 0.250. The molecule has 3 aromatic rings. The van der Waals surface area contributed by atoms with Crippen LogP contribution < -0.4 is 16.0 Å². The smallest absolute Gasteiger partial charge is 0.437 e. The first kappa shape index (κ1) is 29.1. The first-order valence-corrected chi connectivity index (χ1v) is 13.6. The fourth-order valence-corrected chi connectivity index (χ4v) is 4.22. The van der Waals surface area contributed by atoms with Crippen molar-refractivity contribution in [3.8, 4) is 0 Å². The molecule has 1 aliphatic rings. The van der Waals surface area contributed by atoms with Gasteiger partial charge in [0.15, 0.2) is 0 Å². The fourth-order valence-electron chi connectivity index (χ4n) is 4.22. The van der Waals surface area contributed by atoms with Crippen LogP contribution in [0, 0.1) is 5.92 Å². The van der Waals surface area contributed by atoms with E-state index in [0.29, 0.717) is 13.0 Å². The number of ether oxygens (including phenoxy) is 2. The van der Waals surface area contributed by atoms with Crippen LogP contribution in [-0.4, -0.2) is 36.6 Å². The number of alkyl carbamates (subject to hydrolysis) is 1. The third kappa shape index (κ3) is 9.96. The Bertz CT molecular complexity index is 1330. The Balaban J connectivity index is 1.25. The third-order valence-electron chi connectivity index (χ3n) is 6.45. The van der Waals surface area contributed by atoms with Gasteiger partial charge in [0, 0.05) is 6.54 Å². The maximum Gasteiger partial charge on any atom is 0.437 e. The van der Waals surface area contributed by atoms with E-state index in [4.69, 9.17) is 9.47 Å². The first-order valence-electron chi connectivity index (χ1n) is 13.6. The highest BCUT2D eigenvalue weighted by molar-refractivity contribution is 5.98. The summed E-state index contributed by atoms with van der Waals surface area (Å²) in [7, 11) is 0. The van der Waals surface area contributed by atoms with Crippen LogP contribution in [0.1, 0.15) is 36.0 Å². The van der Waals surface area contributed by atoms with Crippen LogP contribution >= 0.6 is 0 Å². The van der Waals surface area contributed by atoms with Crippen molar-refractivity contribution in [2.24, 2.45) is 10.9 Å². The molecule has 1 heterocycles. The monoisotopic (exact) mass is 554 g/mol. The van der Waals surface area contributed by atoms with E-state index in [-0.39, 0.29) is 37.0 Å². The SMILES string of the molecule is O=C(N=C(NCCCC[C@H]1C(=O)N[C@@H]1C=Cc1ccccc1)NC(=O)OCc1ccccc1)OCc1ccccc1. The Morgan fingerprint density at radius 1 is 0.829 bits per heavy atom. The Hall–Kier alpha value is -4.92. The van der Waals surface area contributed by atoms with Crippen molar-refractivity contribution < 1.29 is 23.9 Å². The summed E-state index contributed by atoms with van der Waals surface area (Å²) in [5.41, 5.74) is 2.73. The highest BCUT2D eigenvalue weighted by Crippen LogP contribution is 2.23. The molecule has 3 amide bonds. The van der Waals surface area contributed by atoms with Gasteiger partial charge < -0.3 is 20.1 Å². The molecule has 212 valence electrons. The molecule has 9 nitrogen and oxygen atoms in total. The van der Waals surface area contributed by atoms with Gasteiger partial charge in [0.05, 0.1) is 12.0 Å². The van der Waals surface area contributed by atoms with Crippen LogP contribution in [0.2, 0.25) is 0 Å². The molecule has 3 aromatic carbocycles. The molecule has 0 radical (unpaired) electrons. The van der Waals surface area contributed by atoms with Crippen LogP contribution in [0.15, 0.2) is 102 Å². The Kier molecular flexibility index (Phi) is 11.1. The maximum atomic E-state index is 12.4. The van der Waals surface area contributed by atoms with E-state index in [9.17, 15) is 14.4 Å². The number of rotatable bonds is 11. The number of aliphatic imine (C=N–C) groups is 1. The zero-order valence-electron chi connectivity index (χ0n) is 22.7. The van der Waals surface area contributed by atoms with Gasteiger partial charge >= 0.3 is 12.2 Å². The van der Waals surface area contributed by atoms with Crippen LogP contribution in [-0.2, 0) is 27.5 Å². The molecule has 1 aliphatic heterocycles. The lowest BCUT2D eigenvalue weighted by Gasteiger charge is -2.35. The van der Waals surface area contributed by atoms with E-state index in [1.165, 1.54) is 0 Å². The zero-order chi connectivity index (χ0) is 28.7. The third-order valence-corrected chi connectivity index (χ3v) is 6.45. The van der Waals surface area contributed by atoms with Gasteiger partial charge in [-0.15, -0.1) is 4.99 Å². The van der Waals surface area contributed by atoms with Crippen molar-refractivity contribution in [1.82, 2.24) is 16.0 Å². The number of nitrogens with one attached hydrogen (secondary N) is 3. The minimum absolute atomic E-state index is 0.00762. The molecular formula is C32H34N4O5. The standard InChI is InChI=1S/C32H34N4O5/c37-29-27(28(34-29)20-19-24-12-4-1-5-13-24)18-10-11-21-33-30(35-31(38)40-22-25-14-6-2-7-15-25)36-32(39)41-23-26-16-8-3-9-17-26/h1-9,12-17,19-20,27-28H,10-11,18,21-23H2,(H,34,37)(H2,33,35,36,38,39)/t27-,28-/m1/s1. The van der Waals surface area contributed by atoms with E-state index >= 15 is 0 Å². The summed E-state index contributed by atoms with van der Waals surface area (Å²) in [5, 5.41) is 8.41. The number of nitrogens with zero attached hydrogens (tertiary/aromatic N) is 1. The van der Waals surface area contributed by atoms with Crippen LogP contribution in [0.25, 0.3) is 6.08 Å². The number of carbonyl (C=O) groups excluding carboxylic acids is 3. The number of benzene rings is 3. The van der Waals surface area contributed by atoms with Crippen molar-refractivity contribution in [1.29, 1.82) is 0 Å². The molecule has 1 saturated heterocycles. The summed E-state index contributed by atoms with van der Waals surface area (Å²) in [6.45, 7) is 0.544. The van der Waals surface area contributed by atoms with Crippen molar-refractivity contribution >= 4 is 30.1 Å². The summed E-state index contributed by atoms with van der Waals surface area (Å²) < 4.78 is 10.5. The number of hydrogen-bond donors (Lipinski definition) is 3. The molecule has 1 fully saturated rings. The van der Waals surface area contributed by atoms with Gasteiger partial charge in [0.1, 0.15) is 13.2 Å². The van der Waals surface area contributed by atoms with Gasteiger partial charge in [-0.05, 0) is 29.5 Å². The number of unbranched alkanes of at least 4 members (excludes halogenated alkanes) is 1. The van der Waals surface area contributed by atoms with Crippen molar-refractivity contribution in [3.05, 3.63) is 114 Å². The van der Waals surface area contributed by atoms with Crippen LogP contribution in [0.3, 0.4) is 0 Å². The second-order valence-electron chi connectivity index (χ2n) is 9.52. The first-order chi connectivity index (χ1) is 20.1. The second kappa shape index (κ2) is 15.6. The molecule has 41 heavy (non-hydrogen) atoms. The highest BCUT2D eigenvalue weighted by atomic mass is 16.6. The second-order valence-corrected chi connectivity index (χ2v) is 9.52. The van der Waals surface area contributed by atoms with Gasteiger partial charge in [-0.3, -0.25) is 10.1 Å². The van der Waals surface area contributed by atoms with E-state index in [0.717, 1.165) is 29.5 Å². The van der Waals surface area contributed by atoms with E-state index in [1.54, 1.807) is 0 Å². The number of β-lactam (4-membered cyclic amide) rings is 1. The molecule has 2 atom stereocenters. The molecule has 4 rings (SSSR count). The lowest BCUT2D eigenvalue weighted by Crippen LogP contribution is -2.56. The minimum atomic E-state index is -0.848. The van der Waals surface area contributed by atoms with Crippen LogP contribution in [0.5, 0.6) is 0 Å². The van der Waals surface area contributed by atoms with E-state index < -0.39 is 12.2 Å². The molecule has 3 N–H and O–H groups in total. The Labute approximate surface area is 239 Å². The summed E-state index contributed by atoms with van der Waals surface area (Å²) in [4.78, 5) is 40.7. The van der Waals surface area contributed by atoms with Gasteiger partial charge in [0.25, 0.3) is 0 Å². The average molecular weight is 555 g/mol. The quantitative estimate of drug-likeness (QED) is 0.130. The Morgan fingerprint density at radius 3 is 2.07 bits per heavy atom. The molecule has 0 aliphatic carbocycles. The van der Waals surface area contributed by atoms with Gasteiger partial charge in [-0.2, -0.15) is 0 Å². The predicted molar refractivity (Wildman–Crippen MR) is 157 cm³/mol. The summed E-state index contributed by atoms with van der Waals surface area (Å²) in [6.07, 6.45) is 4.61. The molecule has 0 aromatic heterocycles. The van der Waals surface area contributed by atoms with Gasteiger partial charge in [0.2, 0.25) is 11.9 Å². The van der Waals surface area contributed by atoms with Gasteiger partial charge in [-0.25, -0.2) is 9.59 Å². The number of guanidine groups is 1. The summed E-state index contributed by atoms with van der Waals surface area (Å²) >= 11 is 0. The number of hydrogen-bond acceptors (Lipinski definition) is 5. The topological polar surface area (TPSA) is 118 Å². The molecule has 0 saturated carbocycles. The molecular weight excluding hydrogens is 520 g/mol. The minimum Gasteiger partial charge on any atom is -0.444 e. The number of amides is 3. The summed E-state index contributed by atoms with van der Waals surface area (Å²) in [6, 6.07) is 28.4. The lowest BCUT2D eigenvalue weighted by atomic mass is 9.85. The molecule has 0 bridgehead atoms. The van der Waals surface area contributed by atoms with Gasteiger partial charge in [-0.1, -0.05) is 110 Å². The van der Waals surface area contributed by atoms with Crippen molar-refractivity contribution in [2.45, 2.75) is 38.5 Å². The maximum absolute atomic E-state index is 12.4. The summed E-state index contributed by atoms with van der Waals surface area (Å²) in [5.74, 6) is -0.0970. The van der Waals surface area contributed by atoms with Crippen molar-refractivity contribution in [2.75, 3.05) is 6.54 Å². The Morgan fingerprint density at radius 2 is 1.44 bits per heavy atom. The van der Waals surface area contributed by atoms with E-state index in [1.807, 2.05) is 103 Å². The number of carbonyl (C=O) groups is 3. The molecule has 0 unspecified atom stereocenters.